The minimum absolute atomic E-state index is 0.162. The topological polar surface area (TPSA) is 34.6 Å². The number of nitrogens with zero attached hydrogens (tertiary/aromatic N) is 4. The molecule has 3 aliphatic rings. The zero-order valence-electron chi connectivity index (χ0n) is 34.2. The molecule has 4 heteroatoms. The molecule has 0 heterocycles. The molecule has 1 saturated carbocycles. The molecule has 1 fully saturated rings. The molecule has 0 saturated heterocycles. The van der Waals surface area contributed by atoms with Crippen LogP contribution in [0.3, 0.4) is 0 Å². The van der Waals surface area contributed by atoms with E-state index in [-0.39, 0.29) is 16.7 Å². The van der Waals surface area contributed by atoms with Crippen molar-refractivity contribution in [3.63, 3.8) is 0 Å². The number of para-hydroxylation sites is 2. The van der Waals surface area contributed by atoms with Crippen molar-refractivity contribution in [2.24, 2.45) is 5.92 Å². The Hall–Kier alpha value is -6.10. The summed E-state index contributed by atoms with van der Waals surface area (Å²) >= 11 is 0. The second kappa shape index (κ2) is 13.5. The quantitative estimate of drug-likeness (QED) is 0.159. The van der Waals surface area contributed by atoms with Crippen molar-refractivity contribution >= 4 is 34.1 Å². The molecule has 0 bridgehead atoms. The van der Waals surface area contributed by atoms with Crippen LogP contribution in [0.1, 0.15) is 92.3 Å². The van der Waals surface area contributed by atoms with Crippen LogP contribution in [0.4, 0.5) is 34.1 Å². The summed E-state index contributed by atoms with van der Waals surface area (Å²) in [5.74, 6) is 0.162. The molecule has 0 amide bonds. The Kier molecular flexibility index (Phi) is 8.67. The van der Waals surface area contributed by atoms with Crippen LogP contribution in [0.2, 0.25) is 0 Å². The second-order valence-corrected chi connectivity index (χ2v) is 17.6. The summed E-state index contributed by atoms with van der Waals surface area (Å²) in [6, 6.07) is 45.2. The van der Waals surface area contributed by atoms with Crippen molar-refractivity contribution in [3.05, 3.63) is 166 Å². The van der Waals surface area contributed by atoms with Gasteiger partial charge < -0.3 is 9.80 Å². The molecule has 6 aromatic rings. The maximum atomic E-state index is 9.68. The van der Waals surface area contributed by atoms with Crippen LogP contribution in [0.5, 0.6) is 0 Å². The fourth-order valence-corrected chi connectivity index (χ4v) is 10.3. The third kappa shape index (κ3) is 5.77. The van der Waals surface area contributed by atoms with Gasteiger partial charge >= 0.3 is 0 Å². The van der Waals surface area contributed by atoms with E-state index in [4.69, 9.17) is 6.57 Å². The van der Waals surface area contributed by atoms with Crippen LogP contribution in [-0.2, 0) is 10.8 Å². The third-order valence-electron chi connectivity index (χ3n) is 13.5. The van der Waals surface area contributed by atoms with Gasteiger partial charge in [0, 0.05) is 51.2 Å². The predicted octanol–water partition coefficient (Wildman–Crippen LogP) is 14.5. The lowest BCUT2D eigenvalue weighted by Crippen LogP contribution is -2.35. The molecule has 0 unspecified atom stereocenters. The molecule has 0 radical (unpaired) electrons. The lowest BCUT2D eigenvalue weighted by molar-refractivity contribution is 0.378. The van der Waals surface area contributed by atoms with Crippen molar-refractivity contribution in [2.75, 3.05) is 9.80 Å². The molecular weight excluding hydrogens is 693 g/mol. The van der Waals surface area contributed by atoms with Gasteiger partial charge in [0.05, 0.1) is 12.6 Å². The van der Waals surface area contributed by atoms with Crippen molar-refractivity contribution in [2.45, 2.75) is 91.0 Å². The van der Waals surface area contributed by atoms with Gasteiger partial charge in [-0.3, -0.25) is 0 Å². The average molecular weight is 743 g/mol. The number of anilines is 5. The molecule has 4 nitrogen and oxygen atoms in total. The van der Waals surface area contributed by atoms with Crippen LogP contribution in [-0.4, -0.2) is 6.04 Å². The van der Waals surface area contributed by atoms with Gasteiger partial charge in [0.2, 0.25) is 0 Å². The number of aryl methyl sites for hydroxylation is 3. The molecule has 6 aromatic carbocycles. The maximum Gasteiger partial charge on any atom is 0.187 e. The Morgan fingerprint density at radius 2 is 1.14 bits per heavy atom. The summed E-state index contributed by atoms with van der Waals surface area (Å²) in [5.41, 5.74) is 20.6. The molecule has 0 aliphatic heterocycles. The Labute approximate surface area is 338 Å². The Bertz CT molecular complexity index is 2660. The fourth-order valence-electron chi connectivity index (χ4n) is 10.3. The van der Waals surface area contributed by atoms with Crippen molar-refractivity contribution in [1.29, 1.82) is 5.26 Å². The monoisotopic (exact) mass is 742 g/mol. The van der Waals surface area contributed by atoms with E-state index < -0.39 is 0 Å². The lowest BCUT2D eigenvalue weighted by Gasteiger charge is -2.38. The van der Waals surface area contributed by atoms with Crippen LogP contribution in [0.25, 0.3) is 27.1 Å². The molecule has 9 rings (SSSR count). The number of hydrogen-bond donors (Lipinski definition) is 0. The molecule has 0 atom stereocenters. The van der Waals surface area contributed by atoms with Gasteiger partial charge in [-0.05, 0) is 168 Å². The predicted molar refractivity (Wildman–Crippen MR) is 237 cm³/mol. The Balaban J connectivity index is 1.14. The van der Waals surface area contributed by atoms with Crippen LogP contribution in [0.15, 0.2) is 115 Å². The van der Waals surface area contributed by atoms with E-state index in [0.29, 0.717) is 11.7 Å². The first kappa shape index (κ1) is 36.5. The first-order chi connectivity index (χ1) is 27.4. The van der Waals surface area contributed by atoms with Gasteiger partial charge in [0.15, 0.2) is 5.69 Å². The van der Waals surface area contributed by atoms with E-state index in [1.54, 1.807) is 0 Å². The van der Waals surface area contributed by atoms with Crippen molar-refractivity contribution < 1.29 is 0 Å². The fraction of sp³-hybridized carbons (Fsp3) is 0.283. The number of benzene rings is 6. The Morgan fingerprint density at radius 3 is 1.79 bits per heavy atom. The van der Waals surface area contributed by atoms with Crippen LogP contribution >= 0.6 is 0 Å². The molecular formula is C53H50N4. The molecule has 57 heavy (non-hydrogen) atoms. The maximum absolute atomic E-state index is 9.68. The van der Waals surface area contributed by atoms with E-state index in [1.807, 2.05) is 12.1 Å². The highest BCUT2D eigenvalue weighted by atomic mass is 15.2. The van der Waals surface area contributed by atoms with E-state index >= 15 is 0 Å². The smallest absolute Gasteiger partial charge is 0.187 e. The minimum Gasteiger partial charge on any atom is -0.338 e. The summed E-state index contributed by atoms with van der Waals surface area (Å²) in [6.45, 7) is 23.8. The summed E-state index contributed by atoms with van der Waals surface area (Å²) < 4.78 is 0. The standard InChI is InChI=1S/C53H50N4/c1-33-13-9-11-15-49(33)56(38-21-17-36(32-54)18-22-38)40-25-26-42-43-30-47-44(31-46(43)52(4,5)45(42)28-40)51-35(3)27-41(29-48(51)53(47,6)7)57(50-16-12-10-14-34(50)2)39-23-19-37(55-8)20-24-39/h9-16,19-20,23-31,36,38H,17-18,21-22H2,1-7H3. The summed E-state index contributed by atoms with van der Waals surface area (Å²) in [5, 5.41) is 9.68. The zero-order chi connectivity index (χ0) is 39.8. The van der Waals surface area contributed by atoms with Crippen molar-refractivity contribution in [1.82, 2.24) is 0 Å². The Morgan fingerprint density at radius 1 is 0.579 bits per heavy atom. The molecule has 3 aliphatic carbocycles. The highest BCUT2D eigenvalue weighted by molar-refractivity contribution is 5.93. The number of hydrogen-bond acceptors (Lipinski definition) is 3. The van der Waals surface area contributed by atoms with Crippen molar-refractivity contribution in [3.8, 4) is 28.3 Å². The van der Waals surface area contributed by atoms with E-state index in [1.165, 1.54) is 72.6 Å². The van der Waals surface area contributed by atoms with E-state index in [9.17, 15) is 5.26 Å². The highest BCUT2D eigenvalue weighted by Crippen LogP contribution is 2.58. The summed E-state index contributed by atoms with van der Waals surface area (Å²) in [4.78, 5) is 8.59. The van der Waals surface area contributed by atoms with Gasteiger partial charge in [0.1, 0.15) is 0 Å². The molecule has 0 aromatic heterocycles. The first-order valence-electron chi connectivity index (χ1n) is 20.5. The average Bonchev–Trinajstić information content (AvgIpc) is 3.58. The molecule has 0 spiro atoms. The summed E-state index contributed by atoms with van der Waals surface area (Å²) in [6.07, 6.45) is 3.95. The second-order valence-electron chi connectivity index (χ2n) is 17.6. The largest absolute Gasteiger partial charge is 0.338 e. The van der Waals surface area contributed by atoms with E-state index in [2.05, 4.69) is 172 Å². The first-order valence-corrected chi connectivity index (χ1v) is 20.5. The van der Waals surface area contributed by atoms with Gasteiger partial charge in [-0.1, -0.05) is 82.3 Å². The highest BCUT2D eigenvalue weighted by Gasteiger charge is 2.43. The molecule has 0 N–H and O–H groups in total. The lowest BCUT2D eigenvalue weighted by atomic mass is 9.79. The number of nitriles is 1. The minimum atomic E-state index is -0.220. The van der Waals surface area contributed by atoms with Gasteiger partial charge in [-0.15, -0.1) is 0 Å². The summed E-state index contributed by atoms with van der Waals surface area (Å²) in [7, 11) is 0. The van der Waals surface area contributed by atoms with Crippen LogP contribution in [0, 0.1) is 44.6 Å². The molecule has 282 valence electrons. The van der Waals surface area contributed by atoms with Gasteiger partial charge in [-0.2, -0.15) is 5.26 Å². The number of rotatable bonds is 6. The third-order valence-corrected chi connectivity index (χ3v) is 13.5. The number of fused-ring (bicyclic) bond motifs is 6. The van der Waals surface area contributed by atoms with Gasteiger partial charge in [-0.25, -0.2) is 4.85 Å². The van der Waals surface area contributed by atoms with Gasteiger partial charge in [0.25, 0.3) is 0 Å². The zero-order valence-corrected chi connectivity index (χ0v) is 34.2. The SMILES string of the molecule is [C-]#[N+]c1ccc(N(c2cc(C)c3c(c2)C(C)(C)c2cc4c(cc2-3)C(C)(C)c2cc(N(c3ccccc3C)C3CCC(C#N)CC3)ccc2-4)c2ccccc2C)cc1. The normalized spacial score (nSPS) is 18.1. The van der Waals surface area contributed by atoms with Crippen LogP contribution < -0.4 is 9.80 Å². The van der Waals surface area contributed by atoms with E-state index in [0.717, 1.165) is 42.7 Å².